The molecule has 0 radical (unpaired) electrons. The molecule has 3 nitrogen and oxygen atoms in total. The van der Waals surface area contributed by atoms with Gasteiger partial charge in [0.1, 0.15) is 0 Å². The number of alkyl halides is 3. The highest BCUT2D eigenvalue weighted by Crippen LogP contribution is 2.26. The van der Waals surface area contributed by atoms with Crippen LogP contribution in [0.15, 0.2) is 48.5 Å². The second kappa shape index (κ2) is 6.45. The monoisotopic (exact) mass is 443 g/mol. The number of aryl methyl sites for hydroxylation is 1. The predicted molar refractivity (Wildman–Crippen MR) is 70.6 cm³/mol. The molecule has 22 heavy (non-hydrogen) atoms. The van der Waals surface area contributed by atoms with Crippen LogP contribution in [0.25, 0.3) is 0 Å². The van der Waals surface area contributed by atoms with Crippen molar-refractivity contribution in [3.63, 3.8) is 0 Å². The van der Waals surface area contributed by atoms with E-state index in [0.717, 1.165) is 9.13 Å². The molecule has 0 saturated heterocycles. The topological polar surface area (TPSA) is 43.4 Å². The minimum atomic E-state index is -5.65. The Morgan fingerprint density at radius 2 is 1.59 bits per heavy atom. The van der Waals surface area contributed by atoms with Crippen molar-refractivity contribution in [1.82, 2.24) is 0 Å². The summed E-state index contributed by atoms with van der Waals surface area (Å²) in [5.41, 5.74) is -4.38. The average molecular weight is 443 g/mol. The fraction of sp³-hybridized carbons (Fsp3) is 0.143. The van der Waals surface area contributed by atoms with Gasteiger partial charge in [-0.25, -0.2) is 0 Å². The standard InChI is InChI=1S/C14H11F3IO3S/c1-10-6-8-11(9-7-10)18-12-4-2-3-5-13(12)21-22(19,20)14(15,16)17/h2-9H,1H3/q+1. The Balaban J connectivity index is 2.29. The van der Waals surface area contributed by atoms with Gasteiger partial charge in [0, 0.05) is 0 Å². The van der Waals surface area contributed by atoms with Crippen LogP contribution in [-0.2, 0) is 10.1 Å². The fourth-order valence-electron chi connectivity index (χ4n) is 1.47. The largest absolute Gasteiger partial charge is 0.534 e. The van der Waals surface area contributed by atoms with E-state index in [-0.39, 0.29) is 5.75 Å². The van der Waals surface area contributed by atoms with Crippen LogP contribution in [-0.4, -0.2) is 13.9 Å². The molecule has 0 N–H and O–H groups in total. The Bertz CT molecular complexity index is 756. The molecular weight excluding hydrogens is 432 g/mol. The Morgan fingerprint density at radius 1 is 1.00 bits per heavy atom. The minimum absolute atomic E-state index is 0.270. The molecule has 2 aromatic rings. The van der Waals surface area contributed by atoms with Gasteiger partial charge in [0.15, 0.2) is 9.32 Å². The van der Waals surface area contributed by atoms with E-state index >= 15 is 0 Å². The smallest absolute Gasteiger partial charge is 0.371 e. The van der Waals surface area contributed by atoms with Crippen LogP contribution in [0, 0.1) is 14.1 Å². The molecule has 0 aromatic heterocycles. The molecule has 0 atom stereocenters. The number of rotatable bonds is 4. The first-order valence-corrected chi connectivity index (χ1v) is 9.57. The van der Waals surface area contributed by atoms with Crippen LogP contribution in [0.4, 0.5) is 13.2 Å². The third kappa shape index (κ3) is 4.13. The van der Waals surface area contributed by atoms with Crippen molar-refractivity contribution in [2.45, 2.75) is 12.4 Å². The summed E-state index contributed by atoms with van der Waals surface area (Å²) in [6.45, 7) is 1.93. The maximum atomic E-state index is 12.4. The van der Waals surface area contributed by atoms with Gasteiger partial charge in [0.05, 0.1) is 0 Å². The Hall–Kier alpha value is -1.29. The third-order valence-corrected chi connectivity index (χ3v) is 6.32. The van der Waals surface area contributed by atoms with Crippen molar-refractivity contribution in [2.75, 3.05) is 0 Å². The highest BCUT2D eigenvalue weighted by atomic mass is 127. The van der Waals surface area contributed by atoms with E-state index in [2.05, 4.69) is 4.18 Å². The maximum absolute atomic E-state index is 12.4. The molecule has 0 bridgehead atoms. The molecule has 0 heterocycles. The van der Waals surface area contributed by atoms with E-state index < -0.39 is 36.8 Å². The van der Waals surface area contributed by atoms with Crippen molar-refractivity contribution in [3.05, 3.63) is 61.2 Å². The number of hydrogen-bond donors (Lipinski definition) is 0. The molecule has 0 amide bonds. The first-order chi connectivity index (χ1) is 10.2. The van der Waals surface area contributed by atoms with E-state index in [1.54, 1.807) is 12.1 Å². The molecule has 0 aliphatic heterocycles. The first kappa shape index (κ1) is 17.1. The summed E-state index contributed by atoms with van der Waals surface area (Å²) < 4.78 is 65.2. The SMILES string of the molecule is Cc1ccc([I+]c2ccccc2OS(=O)(=O)C(F)(F)F)cc1. The molecule has 8 heteroatoms. The number of halogens is 4. The van der Waals surface area contributed by atoms with Gasteiger partial charge in [-0.15, -0.1) is 0 Å². The molecular formula is C14H11F3IO3S+. The third-order valence-electron chi connectivity index (χ3n) is 2.54. The Labute approximate surface area is 136 Å². The summed E-state index contributed by atoms with van der Waals surface area (Å²) in [5, 5.41) is 0. The summed E-state index contributed by atoms with van der Waals surface area (Å²) in [7, 11) is -5.65. The first-order valence-electron chi connectivity index (χ1n) is 6.00. The quantitative estimate of drug-likeness (QED) is 0.390. The number of para-hydroxylation sites is 1. The van der Waals surface area contributed by atoms with Gasteiger partial charge in [-0.2, -0.15) is 21.6 Å². The second-order valence-electron chi connectivity index (χ2n) is 4.30. The van der Waals surface area contributed by atoms with Crippen LogP contribution in [0.3, 0.4) is 0 Å². The lowest BCUT2D eigenvalue weighted by molar-refractivity contribution is -0.598. The van der Waals surface area contributed by atoms with Crippen molar-refractivity contribution in [3.8, 4) is 5.75 Å². The molecule has 2 aromatic carbocycles. The van der Waals surface area contributed by atoms with Gasteiger partial charge in [0.2, 0.25) is 3.57 Å². The molecule has 0 aliphatic carbocycles. The van der Waals surface area contributed by atoms with Crippen molar-refractivity contribution in [2.24, 2.45) is 0 Å². The lowest BCUT2D eigenvalue weighted by Crippen LogP contribution is -3.61. The van der Waals surface area contributed by atoms with Gasteiger partial charge in [-0.1, -0.05) is 29.8 Å². The molecule has 0 saturated carbocycles. The number of benzene rings is 2. The van der Waals surface area contributed by atoms with E-state index in [4.69, 9.17) is 0 Å². The molecule has 0 unspecified atom stereocenters. The molecule has 0 aliphatic rings. The minimum Gasteiger partial charge on any atom is -0.371 e. The predicted octanol–water partition coefficient (Wildman–Crippen LogP) is 0.352. The van der Waals surface area contributed by atoms with E-state index in [1.165, 1.54) is 12.1 Å². The molecule has 118 valence electrons. The van der Waals surface area contributed by atoms with E-state index in [0.29, 0.717) is 3.57 Å². The molecule has 2 rings (SSSR count). The lowest BCUT2D eigenvalue weighted by atomic mass is 10.2. The second-order valence-corrected chi connectivity index (χ2v) is 8.79. The van der Waals surface area contributed by atoms with Crippen LogP contribution >= 0.6 is 0 Å². The maximum Gasteiger partial charge on any atom is 0.534 e. The van der Waals surface area contributed by atoms with E-state index in [1.807, 2.05) is 31.2 Å². The zero-order chi connectivity index (χ0) is 16.4. The van der Waals surface area contributed by atoms with Crippen LogP contribution in [0.1, 0.15) is 5.56 Å². The summed E-state index contributed by atoms with van der Waals surface area (Å²) >= 11 is -0.854. The van der Waals surface area contributed by atoms with Gasteiger partial charge in [-0.3, -0.25) is 0 Å². The van der Waals surface area contributed by atoms with Crippen molar-refractivity contribution < 1.29 is 47.0 Å². The zero-order valence-electron chi connectivity index (χ0n) is 11.3. The van der Waals surface area contributed by atoms with Gasteiger partial charge >= 0.3 is 36.8 Å². The van der Waals surface area contributed by atoms with Crippen LogP contribution < -0.4 is 25.4 Å². The van der Waals surface area contributed by atoms with Crippen LogP contribution in [0.5, 0.6) is 5.75 Å². The molecule has 0 spiro atoms. The average Bonchev–Trinajstić information content (AvgIpc) is 2.42. The number of hydrogen-bond acceptors (Lipinski definition) is 3. The normalized spacial score (nSPS) is 12.2. The van der Waals surface area contributed by atoms with E-state index in [9.17, 15) is 21.6 Å². The van der Waals surface area contributed by atoms with Gasteiger partial charge < -0.3 is 4.18 Å². The summed E-state index contributed by atoms with van der Waals surface area (Å²) in [6, 6.07) is 13.4. The summed E-state index contributed by atoms with van der Waals surface area (Å²) in [4.78, 5) is 0. The van der Waals surface area contributed by atoms with Crippen LogP contribution in [0.2, 0.25) is 0 Å². The summed E-state index contributed by atoms with van der Waals surface area (Å²) in [5.74, 6) is -0.270. The van der Waals surface area contributed by atoms with Crippen molar-refractivity contribution >= 4 is 10.1 Å². The van der Waals surface area contributed by atoms with Gasteiger partial charge in [0.25, 0.3) is 0 Å². The van der Waals surface area contributed by atoms with Crippen molar-refractivity contribution in [1.29, 1.82) is 0 Å². The summed E-state index contributed by atoms with van der Waals surface area (Å²) in [6.07, 6.45) is 0. The zero-order valence-corrected chi connectivity index (χ0v) is 14.2. The van der Waals surface area contributed by atoms with Gasteiger partial charge in [-0.05, 0) is 31.2 Å². The fourth-order valence-corrected chi connectivity index (χ4v) is 4.43. The Morgan fingerprint density at radius 3 is 2.18 bits per heavy atom. The Kier molecular flexibility index (Phi) is 5.00. The highest BCUT2D eigenvalue weighted by Gasteiger charge is 2.49. The lowest BCUT2D eigenvalue weighted by Gasteiger charge is -2.08. The molecule has 0 fully saturated rings. The highest BCUT2D eigenvalue weighted by molar-refractivity contribution is 7.87.